The van der Waals surface area contributed by atoms with Crippen molar-refractivity contribution in [2.24, 2.45) is 0 Å². The van der Waals surface area contributed by atoms with Crippen LogP contribution in [0.1, 0.15) is 35.2 Å². The molecule has 0 bridgehead atoms. The second-order valence-corrected chi connectivity index (χ2v) is 10.3. The standard InChI is InChI=1S/C21H24N4O4S2/c1-14-6-11-17(29-2)18-19(14)30-21(22-18)24-23-20(26)15-7-9-16(10-8-15)31(27,28)25-12-4-3-5-13-25/h6-11H,3-5,12-13H2,1-2H3,(H,22,24)(H,23,26). The molecule has 3 aromatic rings. The van der Waals surface area contributed by atoms with E-state index in [2.05, 4.69) is 15.8 Å². The fourth-order valence-corrected chi connectivity index (χ4v) is 5.96. The Morgan fingerprint density at radius 1 is 1.10 bits per heavy atom. The first-order valence-electron chi connectivity index (χ1n) is 10.0. The molecular formula is C21H24N4O4S2. The van der Waals surface area contributed by atoms with Crippen molar-refractivity contribution in [3.8, 4) is 5.75 Å². The van der Waals surface area contributed by atoms with Crippen LogP contribution in [0.25, 0.3) is 10.2 Å². The Kier molecular flexibility index (Phi) is 6.12. The zero-order valence-corrected chi connectivity index (χ0v) is 19.0. The van der Waals surface area contributed by atoms with E-state index in [1.807, 2.05) is 19.1 Å². The van der Waals surface area contributed by atoms with Crippen LogP contribution in [-0.2, 0) is 10.0 Å². The normalized spacial score (nSPS) is 15.0. The molecule has 10 heteroatoms. The third kappa shape index (κ3) is 4.36. The highest BCUT2D eigenvalue weighted by molar-refractivity contribution is 7.89. The van der Waals surface area contributed by atoms with E-state index in [1.165, 1.54) is 39.9 Å². The van der Waals surface area contributed by atoms with Crippen molar-refractivity contribution in [3.05, 3.63) is 47.5 Å². The smallest absolute Gasteiger partial charge is 0.269 e. The topological polar surface area (TPSA) is 101 Å². The third-order valence-electron chi connectivity index (χ3n) is 5.28. The van der Waals surface area contributed by atoms with Crippen molar-refractivity contribution in [1.29, 1.82) is 0 Å². The lowest BCUT2D eigenvalue weighted by Gasteiger charge is -2.25. The Labute approximate surface area is 185 Å². The van der Waals surface area contributed by atoms with Crippen LogP contribution < -0.4 is 15.6 Å². The Bertz CT molecular complexity index is 1200. The van der Waals surface area contributed by atoms with E-state index in [4.69, 9.17) is 4.74 Å². The van der Waals surface area contributed by atoms with Crippen molar-refractivity contribution < 1.29 is 17.9 Å². The first kappa shape index (κ1) is 21.5. The zero-order valence-electron chi connectivity index (χ0n) is 17.3. The van der Waals surface area contributed by atoms with Gasteiger partial charge < -0.3 is 4.74 Å². The van der Waals surface area contributed by atoms with Gasteiger partial charge in [0.1, 0.15) is 11.3 Å². The maximum absolute atomic E-state index is 12.7. The number of methoxy groups -OCH3 is 1. The molecular weight excluding hydrogens is 436 g/mol. The van der Waals surface area contributed by atoms with Crippen molar-refractivity contribution in [2.45, 2.75) is 31.1 Å². The number of ether oxygens (including phenoxy) is 1. The second-order valence-electron chi connectivity index (χ2n) is 7.35. The summed E-state index contributed by atoms with van der Waals surface area (Å²) in [4.78, 5) is 17.2. The molecule has 1 fully saturated rings. The van der Waals surface area contributed by atoms with Gasteiger partial charge in [0.15, 0.2) is 0 Å². The largest absolute Gasteiger partial charge is 0.494 e. The highest BCUT2D eigenvalue weighted by atomic mass is 32.2. The highest BCUT2D eigenvalue weighted by Gasteiger charge is 2.26. The van der Waals surface area contributed by atoms with Crippen LogP contribution in [0.5, 0.6) is 5.75 Å². The molecule has 164 valence electrons. The number of benzene rings is 2. The summed E-state index contributed by atoms with van der Waals surface area (Å²) in [6, 6.07) is 9.80. The monoisotopic (exact) mass is 460 g/mol. The summed E-state index contributed by atoms with van der Waals surface area (Å²) in [5.74, 6) is 0.284. The van der Waals surface area contributed by atoms with Gasteiger partial charge in [0.2, 0.25) is 15.2 Å². The third-order valence-corrected chi connectivity index (χ3v) is 8.29. The molecule has 2 aromatic carbocycles. The van der Waals surface area contributed by atoms with E-state index in [0.29, 0.717) is 29.5 Å². The van der Waals surface area contributed by atoms with Gasteiger partial charge >= 0.3 is 0 Å². The van der Waals surface area contributed by atoms with Crippen LogP contribution in [0.15, 0.2) is 41.3 Å². The van der Waals surface area contributed by atoms with Crippen molar-refractivity contribution in [2.75, 3.05) is 25.6 Å². The summed E-state index contributed by atoms with van der Waals surface area (Å²) in [6.45, 7) is 3.07. The molecule has 0 spiro atoms. The van der Waals surface area contributed by atoms with Crippen molar-refractivity contribution in [1.82, 2.24) is 14.7 Å². The first-order chi connectivity index (χ1) is 14.9. The SMILES string of the molecule is COc1ccc(C)c2sc(NNC(=O)c3ccc(S(=O)(=O)N4CCCCC4)cc3)nc12. The fraction of sp³-hybridized carbons (Fsp3) is 0.333. The zero-order chi connectivity index (χ0) is 22.0. The van der Waals surface area contributed by atoms with E-state index in [0.717, 1.165) is 35.0 Å². The van der Waals surface area contributed by atoms with E-state index < -0.39 is 10.0 Å². The van der Waals surface area contributed by atoms with Gasteiger partial charge in [-0.25, -0.2) is 13.4 Å². The predicted molar refractivity (Wildman–Crippen MR) is 121 cm³/mol. The fourth-order valence-electron chi connectivity index (χ4n) is 3.54. The quantitative estimate of drug-likeness (QED) is 0.546. The lowest BCUT2D eigenvalue weighted by atomic mass is 10.2. The molecule has 0 radical (unpaired) electrons. The number of thiazole rings is 1. The molecule has 31 heavy (non-hydrogen) atoms. The molecule has 0 unspecified atom stereocenters. The maximum atomic E-state index is 12.7. The number of hydrogen-bond acceptors (Lipinski definition) is 7. The number of anilines is 1. The number of amides is 1. The molecule has 2 heterocycles. The minimum atomic E-state index is -3.52. The van der Waals surface area contributed by atoms with Gasteiger partial charge in [-0.2, -0.15) is 4.31 Å². The molecule has 2 N–H and O–H groups in total. The average Bonchev–Trinajstić information content (AvgIpc) is 3.24. The Morgan fingerprint density at radius 2 is 1.81 bits per heavy atom. The Morgan fingerprint density at radius 3 is 2.48 bits per heavy atom. The van der Waals surface area contributed by atoms with E-state index in [9.17, 15) is 13.2 Å². The van der Waals surface area contributed by atoms with Gasteiger partial charge in [-0.1, -0.05) is 23.8 Å². The summed E-state index contributed by atoms with van der Waals surface area (Å²) in [5, 5.41) is 0.528. The van der Waals surface area contributed by atoms with Crippen LogP contribution >= 0.6 is 11.3 Å². The van der Waals surface area contributed by atoms with Crippen molar-refractivity contribution >= 4 is 42.6 Å². The number of sulfonamides is 1. The minimum Gasteiger partial charge on any atom is -0.494 e. The number of nitrogens with zero attached hydrogens (tertiary/aromatic N) is 2. The molecule has 1 aliphatic rings. The van der Waals surface area contributed by atoms with Crippen LogP contribution in [0.3, 0.4) is 0 Å². The molecule has 0 atom stereocenters. The van der Waals surface area contributed by atoms with Crippen molar-refractivity contribution in [3.63, 3.8) is 0 Å². The van der Waals surface area contributed by atoms with E-state index in [-0.39, 0.29) is 10.8 Å². The lowest BCUT2D eigenvalue weighted by Crippen LogP contribution is -2.35. The molecule has 1 aromatic heterocycles. The highest BCUT2D eigenvalue weighted by Crippen LogP contribution is 2.34. The maximum Gasteiger partial charge on any atom is 0.269 e. The van der Waals surface area contributed by atoms with Crippen LogP contribution in [-0.4, -0.2) is 43.8 Å². The number of rotatable bonds is 6. The molecule has 4 rings (SSSR count). The average molecular weight is 461 g/mol. The van der Waals surface area contributed by atoms with E-state index in [1.54, 1.807) is 7.11 Å². The van der Waals surface area contributed by atoms with Gasteiger partial charge in [-0.3, -0.25) is 15.6 Å². The number of piperidine rings is 1. The number of hydrogen-bond donors (Lipinski definition) is 2. The summed E-state index contributed by atoms with van der Waals surface area (Å²) in [7, 11) is -1.93. The van der Waals surface area contributed by atoms with Crippen LogP contribution in [0, 0.1) is 6.92 Å². The lowest BCUT2D eigenvalue weighted by molar-refractivity contribution is 0.0962. The summed E-state index contributed by atoms with van der Waals surface area (Å²) in [5.41, 5.74) is 7.59. The van der Waals surface area contributed by atoms with Gasteiger partial charge in [0.25, 0.3) is 5.91 Å². The minimum absolute atomic E-state index is 0.202. The molecule has 0 aliphatic carbocycles. The van der Waals surface area contributed by atoms with Gasteiger partial charge in [-0.05, 0) is 55.7 Å². The molecule has 1 aliphatic heterocycles. The second kappa shape index (κ2) is 8.81. The Hall–Kier alpha value is -2.69. The van der Waals surface area contributed by atoms with Gasteiger partial charge in [-0.15, -0.1) is 0 Å². The molecule has 1 amide bonds. The molecule has 8 nitrogen and oxygen atoms in total. The number of aryl methyl sites for hydroxylation is 1. The predicted octanol–water partition coefficient (Wildman–Crippen LogP) is 3.54. The number of carbonyl (C=O) groups excluding carboxylic acids is 1. The molecule has 1 saturated heterocycles. The van der Waals surface area contributed by atoms with Crippen LogP contribution in [0.2, 0.25) is 0 Å². The Balaban J connectivity index is 1.45. The van der Waals surface area contributed by atoms with Gasteiger partial charge in [0.05, 0.1) is 16.7 Å². The number of aromatic nitrogens is 1. The first-order valence-corrected chi connectivity index (χ1v) is 12.3. The van der Waals surface area contributed by atoms with Gasteiger partial charge in [0, 0.05) is 18.7 Å². The molecule has 0 saturated carbocycles. The summed E-state index contributed by atoms with van der Waals surface area (Å²) >= 11 is 1.41. The number of fused-ring (bicyclic) bond motifs is 1. The summed E-state index contributed by atoms with van der Waals surface area (Å²) in [6.07, 6.45) is 2.81. The van der Waals surface area contributed by atoms with Crippen LogP contribution in [0.4, 0.5) is 5.13 Å². The number of hydrazine groups is 1. The number of carbonyl (C=O) groups is 1. The van der Waals surface area contributed by atoms with E-state index >= 15 is 0 Å². The summed E-state index contributed by atoms with van der Waals surface area (Å²) < 4.78 is 33.3. The number of nitrogens with one attached hydrogen (secondary N) is 2.